The first-order valence-electron chi connectivity index (χ1n) is 15.8. The highest BCUT2D eigenvalue weighted by atomic mass is 16.4. The molecule has 0 aromatic heterocycles. The zero-order valence-electron chi connectivity index (χ0n) is 25.9. The molecule has 0 heterocycles. The van der Waals surface area contributed by atoms with Gasteiger partial charge in [0.1, 0.15) is 0 Å². The van der Waals surface area contributed by atoms with Crippen molar-refractivity contribution in [3.63, 3.8) is 0 Å². The number of carboxylic acids is 1. The number of rotatable bonds is 20. The Morgan fingerprint density at radius 1 is 0.895 bits per heavy atom. The molecule has 2 heteroatoms. The van der Waals surface area contributed by atoms with Crippen molar-refractivity contribution < 1.29 is 9.90 Å². The summed E-state index contributed by atoms with van der Waals surface area (Å²) in [6, 6.07) is 0. The molecule has 38 heavy (non-hydrogen) atoms. The summed E-state index contributed by atoms with van der Waals surface area (Å²) in [6.45, 7) is 13.5. The quantitative estimate of drug-likeness (QED) is 0.127. The van der Waals surface area contributed by atoms with Crippen LogP contribution in [0.25, 0.3) is 0 Å². The molecule has 1 aliphatic rings. The Morgan fingerprint density at radius 2 is 1.47 bits per heavy atom. The van der Waals surface area contributed by atoms with Crippen LogP contribution in [0.1, 0.15) is 151 Å². The van der Waals surface area contributed by atoms with Crippen LogP contribution in [0.5, 0.6) is 0 Å². The van der Waals surface area contributed by atoms with Crippen LogP contribution in [0.3, 0.4) is 0 Å². The number of carboxylic acid groups (broad SMARTS) is 1. The second kappa shape index (κ2) is 20.1. The van der Waals surface area contributed by atoms with Gasteiger partial charge in [-0.15, -0.1) is 0 Å². The van der Waals surface area contributed by atoms with Crippen LogP contribution in [0.4, 0.5) is 0 Å². The van der Waals surface area contributed by atoms with Crippen molar-refractivity contribution in [3.05, 3.63) is 58.7 Å². The monoisotopic (exact) mass is 524 g/mol. The molecule has 1 atom stereocenters. The normalized spacial score (nSPS) is 17.6. The standard InChI is InChI=1S/C36H60O2/c1-7-8-9-10-11-12-13-14-15-16-17-18-24-33(35(37)38)27-25-30(2)21-19-22-31(3)26-28-34-32(4)23-20-29-36(34,5)6/h19,21-22,25-26,28,33H,7-18,20,23-24,27,29H2,1-6H3,(H,37,38)/b21-19+,28-26+,30-25+,31-22+. The molecule has 0 aromatic rings. The molecule has 0 bridgehead atoms. The predicted octanol–water partition coefficient (Wildman–Crippen LogP) is 11.7. The molecule has 1 unspecified atom stereocenters. The maximum Gasteiger partial charge on any atom is 0.306 e. The van der Waals surface area contributed by atoms with E-state index in [1.165, 1.54) is 100 Å². The molecule has 0 radical (unpaired) electrons. The van der Waals surface area contributed by atoms with Crippen LogP contribution in [-0.2, 0) is 4.79 Å². The van der Waals surface area contributed by atoms with E-state index in [9.17, 15) is 9.90 Å². The summed E-state index contributed by atoms with van der Waals surface area (Å²) in [5.41, 5.74) is 5.64. The van der Waals surface area contributed by atoms with Crippen molar-refractivity contribution in [1.82, 2.24) is 0 Å². The molecular weight excluding hydrogens is 464 g/mol. The lowest BCUT2D eigenvalue weighted by Gasteiger charge is -2.32. The zero-order chi connectivity index (χ0) is 28.2. The van der Waals surface area contributed by atoms with E-state index in [1.54, 1.807) is 0 Å². The van der Waals surface area contributed by atoms with Gasteiger partial charge in [-0.1, -0.05) is 151 Å². The van der Waals surface area contributed by atoms with E-state index in [0.717, 1.165) is 24.8 Å². The van der Waals surface area contributed by atoms with Crippen molar-refractivity contribution in [2.24, 2.45) is 11.3 Å². The third-order valence-electron chi connectivity index (χ3n) is 8.25. The molecule has 2 nitrogen and oxygen atoms in total. The highest BCUT2D eigenvalue weighted by Crippen LogP contribution is 2.40. The summed E-state index contributed by atoms with van der Waals surface area (Å²) < 4.78 is 0. The van der Waals surface area contributed by atoms with Gasteiger partial charge >= 0.3 is 5.97 Å². The molecule has 1 aliphatic carbocycles. The van der Waals surface area contributed by atoms with Gasteiger partial charge in [-0.25, -0.2) is 0 Å². The topological polar surface area (TPSA) is 37.3 Å². The Labute approximate surface area is 236 Å². The van der Waals surface area contributed by atoms with E-state index >= 15 is 0 Å². The third kappa shape index (κ3) is 15.6. The lowest BCUT2D eigenvalue weighted by molar-refractivity contribution is -0.141. The van der Waals surface area contributed by atoms with Crippen molar-refractivity contribution in [1.29, 1.82) is 0 Å². The fourth-order valence-electron chi connectivity index (χ4n) is 5.60. The summed E-state index contributed by atoms with van der Waals surface area (Å²) in [5.74, 6) is -0.922. The van der Waals surface area contributed by atoms with Crippen molar-refractivity contribution in [3.8, 4) is 0 Å². The van der Waals surface area contributed by atoms with E-state index in [4.69, 9.17) is 0 Å². The van der Waals surface area contributed by atoms with Crippen LogP contribution in [0.15, 0.2) is 58.7 Å². The van der Waals surface area contributed by atoms with Crippen LogP contribution in [-0.4, -0.2) is 11.1 Å². The smallest absolute Gasteiger partial charge is 0.306 e. The fraction of sp³-hybridized carbons (Fsp3) is 0.694. The zero-order valence-corrected chi connectivity index (χ0v) is 25.9. The number of aliphatic carboxylic acids is 1. The summed E-state index contributed by atoms with van der Waals surface area (Å²) in [6.07, 6.45) is 33.8. The van der Waals surface area contributed by atoms with E-state index in [0.29, 0.717) is 6.42 Å². The summed E-state index contributed by atoms with van der Waals surface area (Å²) in [7, 11) is 0. The minimum Gasteiger partial charge on any atom is -0.481 e. The highest BCUT2D eigenvalue weighted by molar-refractivity contribution is 5.70. The Morgan fingerprint density at radius 3 is 2.03 bits per heavy atom. The minimum absolute atomic E-state index is 0.266. The van der Waals surface area contributed by atoms with Gasteiger partial charge in [-0.3, -0.25) is 4.79 Å². The van der Waals surface area contributed by atoms with Gasteiger partial charge in [-0.2, -0.15) is 0 Å². The largest absolute Gasteiger partial charge is 0.481 e. The SMILES string of the molecule is CCCCCCCCCCCCCCC(C/C=C(C)/C=C/C=C(C)/C=C/C1=C(C)CCCC1(C)C)C(=O)O. The molecule has 0 saturated heterocycles. The fourth-order valence-corrected chi connectivity index (χ4v) is 5.60. The van der Waals surface area contributed by atoms with Gasteiger partial charge in [0.25, 0.3) is 0 Å². The molecule has 0 fully saturated rings. The average molecular weight is 525 g/mol. The Hall–Kier alpha value is -1.83. The maximum atomic E-state index is 11.8. The predicted molar refractivity (Wildman–Crippen MR) is 168 cm³/mol. The molecule has 0 aliphatic heterocycles. The van der Waals surface area contributed by atoms with Gasteiger partial charge in [0.05, 0.1) is 5.92 Å². The molecular formula is C36H60O2. The van der Waals surface area contributed by atoms with E-state index in [1.807, 2.05) is 0 Å². The Bertz CT molecular complexity index is 818. The van der Waals surface area contributed by atoms with Crippen molar-refractivity contribution in [2.75, 3.05) is 0 Å². The first-order valence-corrected chi connectivity index (χ1v) is 15.8. The van der Waals surface area contributed by atoms with E-state index in [2.05, 4.69) is 78.0 Å². The second-order valence-corrected chi connectivity index (χ2v) is 12.4. The molecule has 1 N–H and O–H groups in total. The van der Waals surface area contributed by atoms with Crippen molar-refractivity contribution >= 4 is 5.97 Å². The molecule has 0 spiro atoms. The average Bonchev–Trinajstić information content (AvgIpc) is 2.85. The second-order valence-electron chi connectivity index (χ2n) is 12.4. The van der Waals surface area contributed by atoms with E-state index in [-0.39, 0.29) is 11.3 Å². The van der Waals surface area contributed by atoms with Crippen LogP contribution in [0.2, 0.25) is 0 Å². The first-order chi connectivity index (χ1) is 18.2. The number of carbonyl (C=O) groups is 1. The Kier molecular flexibility index (Phi) is 18.1. The van der Waals surface area contributed by atoms with Crippen LogP contribution < -0.4 is 0 Å². The van der Waals surface area contributed by atoms with Crippen LogP contribution >= 0.6 is 0 Å². The molecule has 0 amide bonds. The first kappa shape index (κ1) is 34.2. The third-order valence-corrected chi connectivity index (χ3v) is 8.25. The highest BCUT2D eigenvalue weighted by Gasteiger charge is 2.26. The minimum atomic E-state index is -0.655. The molecule has 216 valence electrons. The summed E-state index contributed by atoms with van der Waals surface area (Å²) in [5, 5.41) is 9.67. The molecule has 0 aromatic carbocycles. The lowest BCUT2D eigenvalue weighted by Crippen LogP contribution is -2.19. The molecule has 1 rings (SSSR count). The van der Waals surface area contributed by atoms with Crippen molar-refractivity contribution in [2.45, 2.75) is 151 Å². The number of hydrogen-bond acceptors (Lipinski definition) is 1. The van der Waals surface area contributed by atoms with E-state index < -0.39 is 5.97 Å². The number of unbranched alkanes of at least 4 members (excludes halogenated alkanes) is 11. The van der Waals surface area contributed by atoms with Gasteiger partial charge in [-0.05, 0) is 63.9 Å². The lowest BCUT2D eigenvalue weighted by atomic mass is 9.72. The van der Waals surface area contributed by atoms with Gasteiger partial charge in [0.15, 0.2) is 0 Å². The molecule has 0 saturated carbocycles. The number of hydrogen-bond donors (Lipinski definition) is 1. The number of allylic oxidation sites excluding steroid dienone is 10. The van der Waals surface area contributed by atoms with Gasteiger partial charge in [0.2, 0.25) is 0 Å². The summed E-state index contributed by atoms with van der Waals surface area (Å²) >= 11 is 0. The Balaban J connectivity index is 2.34. The van der Waals surface area contributed by atoms with Crippen LogP contribution in [0, 0.1) is 11.3 Å². The van der Waals surface area contributed by atoms with Gasteiger partial charge < -0.3 is 5.11 Å². The maximum absolute atomic E-state index is 11.8. The van der Waals surface area contributed by atoms with Gasteiger partial charge in [0, 0.05) is 0 Å². The summed E-state index contributed by atoms with van der Waals surface area (Å²) in [4.78, 5) is 11.8.